The van der Waals surface area contributed by atoms with Crippen LogP contribution in [0.3, 0.4) is 0 Å². The molecule has 0 aromatic rings. The monoisotopic (exact) mass is 396 g/mol. The van der Waals surface area contributed by atoms with Crippen LogP contribution < -0.4 is 34.7 Å². The molecule has 0 saturated carbocycles. The minimum atomic E-state index is -1.18. The van der Waals surface area contributed by atoms with Gasteiger partial charge in [0, 0.05) is 13.1 Å². The molecule has 0 saturated heterocycles. The molecular weight excluding hydrogens is 367 g/mol. The number of rotatable bonds is 13. The smallest absolute Gasteiger partial charge is 0.874 e. The fourth-order valence-electron chi connectivity index (χ4n) is 2.35. The van der Waals surface area contributed by atoms with Gasteiger partial charge in [-0.3, -0.25) is 14.5 Å². The average Bonchev–Trinajstić information content (AvgIpc) is 2.57. The summed E-state index contributed by atoms with van der Waals surface area (Å²) in [4.78, 5) is 36.3. The largest absolute Gasteiger partial charge is 1.00 e. The Bertz CT molecular complexity index is 507. The van der Waals surface area contributed by atoms with Crippen LogP contribution in [0.25, 0.3) is 0 Å². The third-order valence-electron chi connectivity index (χ3n) is 4.27. The molecule has 0 spiro atoms. The molecule has 3 N–H and O–H groups in total. The summed E-state index contributed by atoms with van der Waals surface area (Å²) in [6.07, 6.45) is 3.03. The van der Waals surface area contributed by atoms with Crippen molar-refractivity contribution >= 4 is 17.9 Å². The van der Waals surface area contributed by atoms with E-state index in [1.165, 1.54) is 36.8 Å². The Morgan fingerprint density at radius 1 is 0.926 bits per heavy atom. The Morgan fingerprint density at radius 3 is 1.74 bits per heavy atom. The van der Waals surface area contributed by atoms with Crippen molar-refractivity contribution in [3.8, 4) is 0 Å². The molecule has 0 aliphatic heterocycles. The summed E-state index contributed by atoms with van der Waals surface area (Å²) >= 11 is 0. The zero-order valence-corrected chi connectivity index (χ0v) is 18.7. The Labute approximate surface area is 181 Å². The number of hydrogen-bond donors (Lipinski definition) is 3. The topological polar surface area (TPSA) is 141 Å². The van der Waals surface area contributed by atoms with Gasteiger partial charge in [-0.2, -0.15) is 0 Å². The first-order chi connectivity index (χ1) is 12.0. The van der Waals surface area contributed by atoms with Crippen LogP contribution >= 0.6 is 0 Å². The number of hydrogen-bond acceptors (Lipinski definition) is 6. The van der Waals surface area contributed by atoms with Gasteiger partial charge in [0.2, 0.25) is 0 Å². The summed E-state index contributed by atoms with van der Waals surface area (Å²) in [6, 6.07) is -3.14. The standard InChI is InChI=1S/C17H30N2O7.Na/c1-5-6-7-14(20)10-18(11(2)15(21)22)8-9-19(12(3)16(23)24)13(4)17(25)26;/h10-13,20H,5-9H2,1-4H3,(H,21,22)(H,23,24)(H,25,26);/q;+1/p-1/b14-10-;. The van der Waals surface area contributed by atoms with Gasteiger partial charge in [0.25, 0.3) is 0 Å². The normalized spacial score (nSPS) is 14.8. The van der Waals surface area contributed by atoms with Gasteiger partial charge in [0.05, 0.1) is 0 Å². The SMILES string of the molecule is CCCC/C([O-])=C/N(CCN(C(C)C(=O)O)C(C)C(=O)O)C(C)C(=O)O.[Na+]. The second-order valence-electron chi connectivity index (χ2n) is 6.22. The summed E-state index contributed by atoms with van der Waals surface area (Å²) < 4.78 is 0. The van der Waals surface area contributed by atoms with E-state index in [2.05, 4.69) is 0 Å². The maximum atomic E-state index is 12.0. The molecule has 10 heteroatoms. The van der Waals surface area contributed by atoms with E-state index in [4.69, 9.17) is 0 Å². The van der Waals surface area contributed by atoms with Crippen LogP contribution in [0.5, 0.6) is 0 Å². The summed E-state index contributed by atoms with van der Waals surface area (Å²) in [5, 5.41) is 39.6. The molecular formula is C17H29N2NaO7. The molecule has 0 amide bonds. The zero-order valence-electron chi connectivity index (χ0n) is 16.7. The zero-order chi connectivity index (χ0) is 20.4. The second kappa shape index (κ2) is 13.8. The number of nitrogens with zero attached hydrogens (tertiary/aromatic N) is 2. The minimum Gasteiger partial charge on any atom is -0.874 e. The maximum absolute atomic E-state index is 12.0. The van der Waals surface area contributed by atoms with Crippen molar-refractivity contribution in [2.45, 2.75) is 65.1 Å². The van der Waals surface area contributed by atoms with Crippen molar-refractivity contribution in [1.82, 2.24) is 9.80 Å². The van der Waals surface area contributed by atoms with Crippen molar-refractivity contribution in [2.24, 2.45) is 0 Å². The predicted octanol–water partition coefficient (Wildman–Crippen LogP) is -2.59. The molecule has 9 nitrogen and oxygen atoms in total. The predicted molar refractivity (Wildman–Crippen MR) is 92.3 cm³/mol. The molecule has 0 radical (unpaired) electrons. The van der Waals surface area contributed by atoms with E-state index < -0.39 is 36.0 Å². The van der Waals surface area contributed by atoms with Crippen molar-refractivity contribution in [2.75, 3.05) is 13.1 Å². The fraction of sp³-hybridized carbons (Fsp3) is 0.706. The van der Waals surface area contributed by atoms with Gasteiger partial charge in [0.1, 0.15) is 18.1 Å². The van der Waals surface area contributed by atoms with Gasteiger partial charge in [-0.05, 0) is 33.4 Å². The van der Waals surface area contributed by atoms with E-state index in [1.807, 2.05) is 6.92 Å². The maximum Gasteiger partial charge on any atom is 1.00 e. The number of carbonyl (C=O) groups is 3. The van der Waals surface area contributed by atoms with E-state index in [1.54, 1.807) is 0 Å². The third kappa shape index (κ3) is 9.99. The minimum absolute atomic E-state index is 0. The van der Waals surface area contributed by atoms with Gasteiger partial charge < -0.3 is 25.3 Å². The summed E-state index contributed by atoms with van der Waals surface area (Å²) in [7, 11) is 0. The van der Waals surface area contributed by atoms with Crippen LogP contribution in [0.15, 0.2) is 12.0 Å². The van der Waals surface area contributed by atoms with E-state index in [0.717, 1.165) is 6.42 Å². The Hall–Kier alpha value is -1.29. The average molecular weight is 396 g/mol. The quantitative estimate of drug-likeness (QED) is 0.226. The van der Waals surface area contributed by atoms with Gasteiger partial charge in [-0.1, -0.05) is 19.8 Å². The molecule has 150 valence electrons. The van der Waals surface area contributed by atoms with Crippen molar-refractivity contribution in [1.29, 1.82) is 0 Å². The number of unbranched alkanes of at least 4 members (excludes halogenated alkanes) is 1. The molecule has 0 aromatic heterocycles. The van der Waals surface area contributed by atoms with E-state index >= 15 is 0 Å². The molecule has 3 unspecified atom stereocenters. The first-order valence-corrected chi connectivity index (χ1v) is 8.60. The molecule has 0 fully saturated rings. The van der Waals surface area contributed by atoms with Gasteiger partial charge in [-0.15, -0.1) is 5.76 Å². The Morgan fingerprint density at radius 2 is 1.37 bits per heavy atom. The first kappa shape index (κ1) is 27.9. The van der Waals surface area contributed by atoms with E-state index in [0.29, 0.717) is 12.8 Å². The van der Waals surface area contributed by atoms with Crippen molar-refractivity contribution in [3.63, 3.8) is 0 Å². The van der Waals surface area contributed by atoms with Crippen LogP contribution in [0, 0.1) is 0 Å². The van der Waals surface area contributed by atoms with E-state index in [9.17, 15) is 34.8 Å². The van der Waals surface area contributed by atoms with Crippen LogP contribution in [0.1, 0.15) is 47.0 Å². The van der Waals surface area contributed by atoms with Gasteiger partial charge in [-0.25, -0.2) is 4.79 Å². The van der Waals surface area contributed by atoms with Crippen LogP contribution in [0.2, 0.25) is 0 Å². The summed E-state index contributed by atoms with van der Waals surface area (Å²) in [6.45, 7) is 6.07. The molecule has 27 heavy (non-hydrogen) atoms. The molecule has 0 aromatic carbocycles. The Balaban J connectivity index is 0. The summed E-state index contributed by atoms with van der Waals surface area (Å²) in [5.41, 5.74) is 0. The molecule has 0 bridgehead atoms. The first-order valence-electron chi connectivity index (χ1n) is 8.60. The molecule has 0 aliphatic carbocycles. The molecule has 0 aliphatic rings. The van der Waals surface area contributed by atoms with Crippen LogP contribution in [0.4, 0.5) is 0 Å². The fourth-order valence-corrected chi connectivity index (χ4v) is 2.35. The Kier molecular flexibility index (Phi) is 14.3. The van der Waals surface area contributed by atoms with Crippen molar-refractivity contribution in [3.05, 3.63) is 12.0 Å². The summed E-state index contributed by atoms with van der Waals surface area (Å²) in [5.74, 6) is -3.71. The van der Waals surface area contributed by atoms with E-state index in [-0.39, 0.29) is 48.4 Å². The molecule has 0 rings (SSSR count). The molecule has 0 heterocycles. The van der Waals surface area contributed by atoms with Crippen LogP contribution in [-0.2, 0) is 14.4 Å². The molecule has 3 atom stereocenters. The third-order valence-corrected chi connectivity index (χ3v) is 4.27. The number of allylic oxidation sites excluding steroid dienone is 1. The number of aliphatic carboxylic acids is 3. The van der Waals surface area contributed by atoms with Crippen LogP contribution in [-0.4, -0.2) is 74.2 Å². The van der Waals surface area contributed by atoms with Crippen molar-refractivity contribution < 1.29 is 64.4 Å². The number of carboxylic acids is 3. The van der Waals surface area contributed by atoms with Gasteiger partial charge in [0.15, 0.2) is 0 Å². The second-order valence-corrected chi connectivity index (χ2v) is 6.22. The number of carboxylic acid groups (broad SMARTS) is 3. The van der Waals surface area contributed by atoms with Gasteiger partial charge >= 0.3 is 47.5 Å².